The van der Waals surface area contributed by atoms with E-state index in [1.807, 2.05) is 30.8 Å². The molecular formula is C24H33Cl2N5O2Si. The second-order valence-corrected chi connectivity index (χ2v) is 16.6. The topological polar surface area (TPSA) is 73.1 Å². The minimum Gasteiger partial charge on any atom is -0.379 e. The van der Waals surface area contributed by atoms with Crippen LogP contribution < -0.4 is 10.6 Å². The van der Waals surface area contributed by atoms with Gasteiger partial charge in [0, 0.05) is 57.7 Å². The summed E-state index contributed by atoms with van der Waals surface area (Å²) >= 11 is 13.2. The van der Waals surface area contributed by atoms with E-state index in [4.69, 9.17) is 27.9 Å². The third-order valence-corrected chi connectivity index (χ3v) is 8.87. The lowest BCUT2D eigenvalue weighted by molar-refractivity contribution is -0.121. The molecule has 0 spiro atoms. The fraction of sp³-hybridized carbons (Fsp3) is 0.500. The van der Waals surface area contributed by atoms with Crippen molar-refractivity contribution in [3.8, 4) is 0 Å². The number of nitrogens with zero attached hydrogens (tertiary/aromatic N) is 3. The number of rotatable bonds is 8. The van der Waals surface area contributed by atoms with Gasteiger partial charge in [-0.3, -0.25) is 4.79 Å². The summed E-state index contributed by atoms with van der Waals surface area (Å²) in [5, 5.41) is 8.42. The van der Waals surface area contributed by atoms with Crippen LogP contribution in [0.5, 0.6) is 0 Å². The van der Waals surface area contributed by atoms with Crippen LogP contribution in [0, 0.1) is 0 Å². The summed E-state index contributed by atoms with van der Waals surface area (Å²) in [5.41, 5.74) is 4.71. The van der Waals surface area contributed by atoms with Crippen LogP contribution in [-0.4, -0.2) is 41.3 Å². The molecule has 0 saturated heterocycles. The number of ether oxygens (including phenoxy) is 1. The lowest BCUT2D eigenvalue weighted by atomic mass is 9.96. The van der Waals surface area contributed by atoms with E-state index in [0.717, 1.165) is 52.6 Å². The van der Waals surface area contributed by atoms with Crippen molar-refractivity contribution in [1.29, 1.82) is 0 Å². The largest absolute Gasteiger partial charge is 0.379 e. The zero-order valence-corrected chi connectivity index (χ0v) is 23.0. The Balaban J connectivity index is 1.57. The molecule has 2 aromatic heterocycles. The molecule has 184 valence electrons. The number of carbonyl (C=O) groups excluding carboxylic acids is 1. The zero-order chi connectivity index (χ0) is 24.6. The second-order valence-electron chi connectivity index (χ2n) is 10.2. The number of carbonyl (C=O) groups is 1. The number of halogens is 2. The van der Waals surface area contributed by atoms with E-state index in [0.29, 0.717) is 29.9 Å². The quantitative estimate of drug-likeness (QED) is 0.308. The fourth-order valence-electron chi connectivity index (χ4n) is 4.46. The first-order valence-electron chi connectivity index (χ1n) is 11.7. The molecule has 3 aromatic rings. The molecule has 0 radical (unpaired) electrons. The third-order valence-electron chi connectivity index (χ3n) is 6.39. The van der Waals surface area contributed by atoms with Gasteiger partial charge in [-0.05, 0) is 24.6 Å². The Labute approximate surface area is 211 Å². The van der Waals surface area contributed by atoms with E-state index in [1.165, 1.54) is 0 Å². The molecule has 1 unspecified atom stereocenters. The zero-order valence-electron chi connectivity index (χ0n) is 20.5. The number of imidazole rings is 1. The van der Waals surface area contributed by atoms with Crippen molar-refractivity contribution in [1.82, 2.24) is 19.4 Å². The molecule has 0 aliphatic carbocycles. The summed E-state index contributed by atoms with van der Waals surface area (Å²) < 4.78 is 9.85. The third kappa shape index (κ3) is 5.15. The molecule has 10 heteroatoms. The van der Waals surface area contributed by atoms with Gasteiger partial charge in [-0.25, -0.2) is 4.98 Å². The van der Waals surface area contributed by atoms with Gasteiger partial charge in [0.2, 0.25) is 5.91 Å². The predicted octanol–water partition coefficient (Wildman–Crippen LogP) is 5.38. The van der Waals surface area contributed by atoms with E-state index in [-0.39, 0.29) is 11.8 Å². The Morgan fingerprint density at radius 3 is 2.82 bits per heavy atom. The highest BCUT2D eigenvalue weighted by Crippen LogP contribution is 2.43. The summed E-state index contributed by atoms with van der Waals surface area (Å²) in [6.07, 6.45) is 4.51. The van der Waals surface area contributed by atoms with Gasteiger partial charge < -0.3 is 24.5 Å². The second kappa shape index (κ2) is 9.93. The monoisotopic (exact) mass is 521 g/mol. The molecule has 1 aliphatic rings. The van der Waals surface area contributed by atoms with Gasteiger partial charge in [-0.15, -0.1) is 0 Å². The Morgan fingerprint density at radius 2 is 2.09 bits per heavy atom. The number of hydrogen-bond donors (Lipinski definition) is 2. The number of aromatic nitrogens is 3. The van der Waals surface area contributed by atoms with Gasteiger partial charge in [0.05, 0.1) is 40.0 Å². The van der Waals surface area contributed by atoms with E-state index in [9.17, 15) is 4.79 Å². The number of aryl methyl sites for hydroxylation is 1. The first kappa shape index (κ1) is 25.1. The smallest absolute Gasteiger partial charge is 0.227 e. The van der Waals surface area contributed by atoms with Crippen LogP contribution in [0.15, 0.2) is 18.6 Å². The maximum absolute atomic E-state index is 12.6. The Hall–Kier alpha value is -2.00. The van der Waals surface area contributed by atoms with Crippen LogP contribution in [0.4, 0.5) is 5.69 Å². The summed E-state index contributed by atoms with van der Waals surface area (Å²) in [5.74, 6) is -0.261. The van der Waals surface area contributed by atoms with Crippen molar-refractivity contribution in [3.05, 3.63) is 45.6 Å². The summed E-state index contributed by atoms with van der Waals surface area (Å²) in [7, 11) is 0.886. The summed E-state index contributed by atoms with van der Waals surface area (Å²) in [4.78, 5) is 17.1. The SMILES string of the molecule is CC1C(=O)NCCc2c1c1c(NCc3cn(COCC[Si](C)(C)C)cn3)cc(Cl)c(Cl)c1n2C. The van der Waals surface area contributed by atoms with Gasteiger partial charge in [0.1, 0.15) is 6.73 Å². The molecule has 0 saturated carbocycles. The average molecular weight is 523 g/mol. The lowest BCUT2D eigenvalue weighted by Crippen LogP contribution is -2.27. The molecule has 4 rings (SSSR count). The maximum Gasteiger partial charge on any atom is 0.227 e. The van der Waals surface area contributed by atoms with Crippen LogP contribution in [0.3, 0.4) is 0 Å². The first-order valence-corrected chi connectivity index (χ1v) is 16.1. The summed E-state index contributed by atoms with van der Waals surface area (Å²) in [6, 6.07) is 2.99. The van der Waals surface area contributed by atoms with E-state index < -0.39 is 8.07 Å². The standard InChI is InChI=1S/C24H33Cl2N5O2Si/c1-15-20-19(6-7-27-24(15)32)30(2)23-21(20)18(10-17(25)22(23)26)28-11-16-12-31(13-29-16)14-33-8-9-34(3,4)5/h10,12-13,15,28H,6-9,11,14H2,1-5H3,(H,27,32). The Bertz CT molecular complexity index is 1210. The van der Waals surface area contributed by atoms with Crippen molar-refractivity contribution >= 4 is 53.8 Å². The number of fused-ring (bicyclic) bond motifs is 3. The molecule has 1 aliphatic heterocycles. The van der Waals surface area contributed by atoms with Crippen molar-refractivity contribution in [3.63, 3.8) is 0 Å². The van der Waals surface area contributed by atoms with Gasteiger partial charge in [-0.2, -0.15) is 0 Å². The first-order chi connectivity index (χ1) is 16.1. The molecule has 1 amide bonds. The number of anilines is 1. The van der Waals surface area contributed by atoms with E-state index in [2.05, 4.69) is 39.8 Å². The molecule has 1 aromatic carbocycles. The summed E-state index contributed by atoms with van der Waals surface area (Å²) in [6.45, 7) is 11.4. The van der Waals surface area contributed by atoms with Crippen LogP contribution in [0.2, 0.25) is 35.7 Å². The van der Waals surface area contributed by atoms with Crippen molar-refractivity contribution < 1.29 is 9.53 Å². The van der Waals surface area contributed by atoms with Crippen LogP contribution in [0.25, 0.3) is 10.9 Å². The van der Waals surface area contributed by atoms with Gasteiger partial charge in [-0.1, -0.05) is 42.8 Å². The maximum atomic E-state index is 12.6. The normalized spacial score (nSPS) is 16.4. The van der Waals surface area contributed by atoms with Crippen molar-refractivity contribution in [2.45, 2.75) is 58.2 Å². The van der Waals surface area contributed by atoms with Crippen molar-refractivity contribution in [2.75, 3.05) is 18.5 Å². The van der Waals surface area contributed by atoms with Crippen LogP contribution in [0.1, 0.15) is 29.8 Å². The minimum atomic E-state index is -1.10. The predicted molar refractivity (Wildman–Crippen MR) is 142 cm³/mol. The van der Waals surface area contributed by atoms with Gasteiger partial charge in [0.15, 0.2) is 0 Å². The molecule has 7 nitrogen and oxygen atoms in total. The molecule has 0 fully saturated rings. The molecule has 3 heterocycles. The molecular weight excluding hydrogens is 489 g/mol. The molecule has 0 bridgehead atoms. The van der Waals surface area contributed by atoms with Crippen LogP contribution in [-0.2, 0) is 36.3 Å². The average Bonchev–Trinajstić information content (AvgIpc) is 3.30. The fourth-order valence-corrected chi connectivity index (χ4v) is 5.69. The van der Waals surface area contributed by atoms with Gasteiger partial charge >= 0.3 is 0 Å². The minimum absolute atomic E-state index is 0.0242. The Kier molecular flexibility index (Phi) is 7.33. The van der Waals surface area contributed by atoms with Crippen LogP contribution >= 0.6 is 23.2 Å². The highest BCUT2D eigenvalue weighted by molar-refractivity contribution is 6.76. The molecule has 34 heavy (non-hydrogen) atoms. The number of amides is 1. The number of nitrogens with one attached hydrogen (secondary N) is 2. The molecule has 2 N–H and O–H groups in total. The van der Waals surface area contributed by atoms with Crippen molar-refractivity contribution in [2.24, 2.45) is 7.05 Å². The molecule has 1 atom stereocenters. The number of hydrogen-bond acceptors (Lipinski definition) is 4. The lowest BCUT2D eigenvalue weighted by Gasteiger charge is -2.15. The van der Waals surface area contributed by atoms with E-state index >= 15 is 0 Å². The van der Waals surface area contributed by atoms with Gasteiger partial charge in [0.25, 0.3) is 0 Å². The van der Waals surface area contributed by atoms with E-state index in [1.54, 1.807) is 6.33 Å². The number of benzene rings is 1. The Morgan fingerprint density at radius 1 is 1.32 bits per heavy atom. The highest BCUT2D eigenvalue weighted by Gasteiger charge is 2.30. The highest BCUT2D eigenvalue weighted by atomic mass is 35.5.